The van der Waals surface area contributed by atoms with Crippen molar-refractivity contribution < 1.29 is 4.79 Å². The molecule has 0 radical (unpaired) electrons. The van der Waals surface area contributed by atoms with Crippen molar-refractivity contribution in [2.75, 3.05) is 5.01 Å². The van der Waals surface area contributed by atoms with Crippen molar-refractivity contribution in [3.8, 4) is 0 Å². The Morgan fingerprint density at radius 1 is 1.05 bits per heavy atom. The second-order valence-corrected chi connectivity index (χ2v) is 4.26. The normalized spacial score (nSPS) is 9.58. The number of carbonyl (C=O) groups excluding carboxylic acids is 1. The summed E-state index contributed by atoms with van der Waals surface area (Å²) in [5.74, 6) is 5.70. The van der Waals surface area contributed by atoms with Crippen LogP contribution in [0.4, 0.5) is 5.69 Å². The molecule has 0 unspecified atom stereocenters. The van der Waals surface area contributed by atoms with Crippen molar-refractivity contribution in [1.82, 2.24) is 0 Å². The third-order valence-corrected chi connectivity index (χ3v) is 2.78. The Labute approximate surface area is 119 Å². The molecule has 0 heterocycles. The highest BCUT2D eigenvalue weighted by molar-refractivity contribution is 5.93. The van der Waals surface area contributed by atoms with Gasteiger partial charge in [-0.2, -0.15) is 0 Å². The van der Waals surface area contributed by atoms with Gasteiger partial charge in [0.15, 0.2) is 0 Å². The van der Waals surface area contributed by atoms with Gasteiger partial charge in [-0.15, -0.1) is 12.4 Å². The molecule has 19 heavy (non-hydrogen) atoms. The van der Waals surface area contributed by atoms with Gasteiger partial charge in [0.05, 0.1) is 12.1 Å². The van der Waals surface area contributed by atoms with Gasteiger partial charge in [0.1, 0.15) is 0 Å². The number of nitrogens with zero attached hydrogens (tertiary/aromatic N) is 1. The van der Waals surface area contributed by atoms with E-state index in [0.717, 1.165) is 11.1 Å². The highest BCUT2D eigenvalue weighted by Crippen LogP contribution is 2.13. The molecule has 100 valence electrons. The fourth-order valence-electron chi connectivity index (χ4n) is 1.71. The number of nitrogens with two attached hydrogens (primary N) is 1. The second kappa shape index (κ2) is 6.92. The molecule has 0 saturated carbocycles. The molecule has 0 aromatic heterocycles. The zero-order valence-corrected chi connectivity index (χ0v) is 11.6. The SMILES string of the molecule is Cc1ccc(N(N)C(=O)Cc2ccccc2)cc1.Cl. The number of amides is 1. The summed E-state index contributed by atoms with van der Waals surface area (Å²) in [5, 5.41) is 1.20. The fraction of sp³-hybridized carbons (Fsp3) is 0.133. The third-order valence-electron chi connectivity index (χ3n) is 2.78. The van der Waals surface area contributed by atoms with E-state index in [1.165, 1.54) is 5.01 Å². The molecule has 2 aromatic carbocycles. The van der Waals surface area contributed by atoms with E-state index in [2.05, 4.69) is 0 Å². The van der Waals surface area contributed by atoms with E-state index in [-0.39, 0.29) is 18.3 Å². The molecule has 1 amide bonds. The van der Waals surface area contributed by atoms with Crippen LogP contribution < -0.4 is 10.9 Å². The number of benzene rings is 2. The minimum absolute atomic E-state index is 0. The number of halogens is 1. The molecule has 0 bridgehead atoms. The van der Waals surface area contributed by atoms with Crippen LogP contribution in [0.5, 0.6) is 0 Å². The first-order valence-electron chi connectivity index (χ1n) is 5.85. The lowest BCUT2D eigenvalue weighted by Crippen LogP contribution is -2.38. The topological polar surface area (TPSA) is 46.3 Å². The summed E-state index contributed by atoms with van der Waals surface area (Å²) in [6, 6.07) is 17.1. The summed E-state index contributed by atoms with van der Waals surface area (Å²) >= 11 is 0. The molecule has 2 aromatic rings. The Morgan fingerprint density at radius 2 is 1.63 bits per heavy atom. The van der Waals surface area contributed by atoms with Gasteiger partial charge in [0.25, 0.3) is 0 Å². The summed E-state index contributed by atoms with van der Waals surface area (Å²) in [6.07, 6.45) is 0.311. The number of anilines is 1. The van der Waals surface area contributed by atoms with Gasteiger partial charge < -0.3 is 0 Å². The summed E-state index contributed by atoms with van der Waals surface area (Å²) in [7, 11) is 0. The van der Waals surface area contributed by atoms with E-state index in [0.29, 0.717) is 12.1 Å². The summed E-state index contributed by atoms with van der Waals surface area (Å²) in [5.41, 5.74) is 2.81. The Bertz CT molecular complexity index is 526. The summed E-state index contributed by atoms with van der Waals surface area (Å²) in [4.78, 5) is 12.0. The van der Waals surface area contributed by atoms with Gasteiger partial charge in [-0.3, -0.25) is 4.79 Å². The van der Waals surface area contributed by atoms with Crippen LogP contribution in [-0.4, -0.2) is 5.91 Å². The van der Waals surface area contributed by atoms with Crippen molar-refractivity contribution in [3.05, 3.63) is 65.7 Å². The summed E-state index contributed by atoms with van der Waals surface area (Å²) < 4.78 is 0. The predicted molar refractivity (Wildman–Crippen MR) is 80.2 cm³/mol. The van der Waals surface area contributed by atoms with Gasteiger partial charge in [-0.1, -0.05) is 48.0 Å². The molecule has 0 aliphatic carbocycles. The maximum atomic E-state index is 12.0. The molecule has 2 N–H and O–H groups in total. The van der Waals surface area contributed by atoms with Crippen LogP contribution in [0.3, 0.4) is 0 Å². The molecule has 2 rings (SSSR count). The van der Waals surface area contributed by atoms with E-state index in [1.807, 2.05) is 61.5 Å². The average Bonchev–Trinajstić information content (AvgIpc) is 2.40. The Hall–Kier alpha value is -1.84. The van der Waals surface area contributed by atoms with E-state index in [9.17, 15) is 4.79 Å². The molecular formula is C15H17ClN2O. The molecule has 0 fully saturated rings. The molecular weight excluding hydrogens is 260 g/mol. The van der Waals surface area contributed by atoms with Crippen LogP contribution in [-0.2, 0) is 11.2 Å². The second-order valence-electron chi connectivity index (χ2n) is 4.26. The Balaban J connectivity index is 0.00000180. The third kappa shape index (κ3) is 4.09. The lowest BCUT2D eigenvalue weighted by atomic mass is 10.1. The van der Waals surface area contributed by atoms with Crippen LogP contribution in [0.1, 0.15) is 11.1 Å². The largest absolute Gasteiger partial charge is 0.273 e. The zero-order valence-electron chi connectivity index (χ0n) is 10.7. The Kier molecular flexibility index (Phi) is 5.55. The number of rotatable bonds is 3. The zero-order chi connectivity index (χ0) is 13.0. The minimum atomic E-state index is -0.120. The van der Waals surface area contributed by atoms with Crippen LogP contribution in [0.2, 0.25) is 0 Å². The standard InChI is InChI=1S/C15H16N2O.ClH/c1-12-7-9-14(10-8-12)17(16)15(18)11-13-5-3-2-4-6-13;/h2-10H,11,16H2,1H3;1H. The van der Waals surface area contributed by atoms with Crippen LogP contribution >= 0.6 is 12.4 Å². The van der Waals surface area contributed by atoms with Crippen molar-refractivity contribution in [3.63, 3.8) is 0 Å². The van der Waals surface area contributed by atoms with Crippen LogP contribution in [0.25, 0.3) is 0 Å². The van der Waals surface area contributed by atoms with E-state index >= 15 is 0 Å². The van der Waals surface area contributed by atoms with Crippen molar-refractivity contribution >= 4 is 24.0 Å². The lowest BCUT2D eigenvalue weighted by molar-refractivity contribution is -0.118. The monoisotopic (exact) mass is 276 g/mol. The molecule has 0 spiro atoms. The minimum Gasteiger partial charge on any atom is -0.273 e. The van der Waals surface area contributed by atoms with Crippen LogP contribution in [0.15, 0.2) is 54.6 Å². The van der Waals surface area contributed by atoms with E-state index in [4.69, 9.17) is 5.84 Å². The predicted octanol–water partition coefficient (Wildman–Crippen LogP) is 2.87. The first-order valence-corrected chi connectivity index (χ1v) is 5.85. The highest BCUT2D eigenvalue weighted by Gasteiger charge is 2.11. The van der Waals surface area contributed by atoms with Gasteiger partial charge in [0.2, 0.25) is 5.91 Å². The smallest absolute Gasteiger partial charge is 0.245 e. The van der Waals surface area contributed by atoms with Crippen LogP contribution in [0, 0.1) is 6.92 Å². The van der Waals surface area contributed by atoms with E-state index < -0.39 is 0 Å². The molecule has 0 aliphatic rings. The quantitative estimate of drug-likeness (QED) is 0.532. The Morgan fingerprint density at radius 3 is 2.21 bits per heavy atom. The maximum Gasteiger partial charge on any atom is 0.245 e. The number of hydrogen-bond donors (Lipinski definition) is 1. The first kappa shape index (κ1) is 15.2. The van der Waals surface area contributed by atoms with Gasteiger partial charge >= 0.3 is 0 Å². The van der Waals surface area contributed by atoms with Gasteiger partial charge in [0, 0.05) is 0 Å². The molecule has 0 saturated heterocycles. The van der Waals surface area contributed by atoms with Crippen molar-refractivity contribution in [2.24, 2.45) is 5.84 Å². The molecule has 0 aliphatic heterocycles. The van der Waals surface area contributed by atoms with Crippen molar-refractivity contribution in [1.29, 1.82) is 0 Å². The fourth-order valence-corrected chi connectivity index (χ4v) is 1.71. The average molecular weight is 277 g/mol. The molecule has 3 nitrogen and oxygen atoms in total. The highest BCUT2D eigenvalue weighted by atomic mass is 35.5. The molecule has 4 heteroatoms. The number of hydrogen-bond acceptors (Lipinski definition) is 2. The van der Waals surface area contributed by atoms with Crippen molar-refractivity contribution in [2.45, 2.75) is 13.3 Å². The maximum absolute atomic E-state index is 12.0. The first-order chi connectivity index (χ1) is 8.66. The van der Waals surface area contributed by atoms with Gasteiger partial charge in [-0.05, 0) is 24.6 Å². The van der Waals surface area contributed by atoms with Gasteiger partial charge in [-0.25, -0.2) is 10.9 Å². The number of hydrazine groups is 1. The molecule has 0 atom stereocenters. The number of aryl methyl sites for hydroxylation is 1. The lowest BCUT2D eigenvalue weighted by Gasteiger charge is -2.16. The summed E-state index contributed by atoms with van der Waals surface area (Å²) in [6.45, 7) is 2.00. The number of carbonyl (C=O) groups is 1. The van der Waals surface area contributed by atoms with E-state index in [1.54, 1.807) is 0 Å².